The van der Waals surface area contributed by atoms with Gasteiger partial charge in [0.25, 0.3) is 0 Å². The van der Waals surface area contributed by atoms with Crippen molar-refractivity contribution in [3.63, 3.8) is 0 Å². The molecule has 0 aromatic heterocycles. The van der Waals surface area contributed by atoms with Gasteiger partial charge >= 0.3 is 0 Å². The predicted molar refractivity (Wildman–Crippen MR) is 91.8 cm³/mol. The fourth-order valence-electron chi connectivity index (χ4n) is 2.39. The average molecular weight is 297 g/mol. The van der Waals surface area contributed by atoms with Crippen molar-refractivity contribution in [1.82, 2.24) is 0 Å². The van der Waals surface area contributed by atoms with Gasteiger partial charge in [0.05, 0.1) is 13.7 Å². The summed E-state index contributed by atoms with van der Waals surface area (Å²) >= 11 is 0. The van der Waals surface area contributed by atoms with Crippen molar-refractivity contribution in [3.05, 3.63) is 66.2 Å². The van der Waals surface area contributed by atoms with Gasteiger partial charge in [-0.25, -0.2) is 0 Å². The minimum atomic E-state index is 0.611. The highest BCUT2D eigenvalue weighted by Crippen LogP contribution is 2.33. The molecule has 0 radical (unpaired) electrons. The number of methoxy groups -OCH3 is 1. The van der Waals surface area contributed by atoms with E-state index in [0.29, 0.717) is 6.61 Å². The maximum absolute atomic E-state index is 5.72. The van der Waals surface area contributed by atoms with Crippen LogP contribution in [0.2, 0.25) is 0 Å². The maximum atomic E-state index is 5.72. The molecule has 0 aliphatic carbocycles. The molecule has 0 amide bonds. The van der Waals surface area contributed by atoms with Crippen LogP contribution in [0.5, 0.6) is 11.5 Å². The average Bonchev–Trinajstić information content (AvgIpc) is 2.54. The summed E-state index contributed by atoms with van der Waals surface area (Å²) in [5.74, 6) is 1.58. The quantitative estimate of drug-likeness (QED) is 0.731. The molecule has 0 aliphatic heterocycles. The highest BCUT2D eigenvalue weighted by atomic mass is 16.5. The molecule has 3 heteroatoms. The normalized spacial score (nSPS) is 10.1. The lowest BCUT2D eigenvalue weighted by molar-refractivity contribution is 0.309. The molecule has 3 nitrogen and oxygen atoms in total. The first-order chi connectivity index (χ1) is 10.8. The third kappa shape index (κ3) is 4.04. The zero-order chi connectivity index (χ0) is 15.8. The first-order valence-corrected chi connectivity index (χ1v) is 7.50. The summed E-state index contributed by atoms with van der Waals surface area (Å²) in [6, 6.07) is 14.3. The number of nitrogens with one attached hydrogen (secondary N) is 1. The molecule has 0 atom stereocenters. The van der Waals surface area contributed by atoms with Gasteiger partial charge in [-0.15, -0.1) is 6.58 Å². The first-order valence-electron chi connectivity index (χ1n) is 7.50. The Hall–Kier alpha value is -2.42. The van der Waals surface area contributed by atoms with E-state index in [-0.39, 0.29) is 0 Å². The van der Waals surface area contributed by atoms with Crippen molar-refractivity contribution >= 4 is 5.69 Å². The molecule has 0 spiro atoms. The number of ether oxygens (including phenoxy) is 2. The zero-order valence-electron chi connectivity index (χ0n) is 13.3. The summed E-state index contributed by atoms with van der Waals surface area (Å²) in [4.78, 5) is 0. The van der Waals surface area contributed by atoms with Gasteiger partial charge in [-0.1, -0.05) is 24.3 Å². The van der Waals surface area contributed by atoms with Crippen LogP contribution in [0, 0.1) is 0 Å². The molecule has 1 N–H and O–H groups in total. The second kappa shape index (κ2) is 8.13. The van der Waals surface area contributed by atoms with Gasteiger partial charge in [-0.2, -0.15) is 0 Å². The lowest BCUT2D eigenvalue weighted by Crippen LogP contribution is -2.04. The van der Waals surface area contributed by atoms with Gasteiger partial charge in [-0.05, 0) is 43.2 Å². The molecule has 0 heterocycles. The van der Waals surface area contributed by atoms with Crippen molar-refractivity contribution in [2.75, 3.05) is 19.0 Å². The molecule has 0 fully saturated rings. The van der Waals surface area contributed by atoms with E-state index < -0.39 is 0 Å². The van der Waals surface area contributed by atoms with Gasteiger partial charge < -0.3 is 14.8 Å². The van der Waals surface area contributed by atoms with Crippen LogP contribution < -0.4 is 14.8 Å². The number of hydrogen-bond acceptors (Lipinski definition) is 3. The Morgan fingerprint density at radius 2 is 1.95 bits per heavy atom. The molecule has 0 unspecified atom stereocenters. The van der Waals surface area contributed by atoms with Crippen molar-refractivity contribution in [1.29, 1.82) is 0 Å². The summed E-state index contributed by atoms with van der Waals surface area (Å²) in [5, 5.41) is 3.41. The highest BCUT2D eigenvalue weighted by molar-refractivity contribution is 5.51. The van der Waals surface area contributed by atoms with Crippen LogP contribution in [0.3, 0.4) is 0 Å². The Balaban J connectivity index is 2.24. The SMILES string of the molecule is C=CCc1cc(CNc2ccccc2)cc(OCC)c1OC. The largest absolute Gasteiger partial charge is 0.493 e. The van der Waals surface area contributed by atoms with Crippen LogP contribution >= 0.6 is 0 Å². The van der Waals surface area contributed by atoms with Gasteiger partial charge in [0.15, 0.2) is 11.5 Å². The molecule has 22 heavy (non-hydrogen) atoms. The molecule has 2 aromatic carbocycles. The van der Waals surface area contributed by atoms with E-state index in [9.17, 15) is 0 Å². The van der Waals surface area contributed by atoms with Crippen molar-refractivity contribution in [3.8, 4) is 11.5 Å². The summed E-state index contributed by atoms with van der Waals surface area (Å²) in [7, 11) is 1.67. The van der Waals surface area contributed by atoms with Crippen molar-refractivity contribution in [2.24, 2.45) is 0 Å². The standard InChI is InChI=1S/C19H23NO2/c1-4-9-16-12-15(13-18(22-5-2)19(16)21-3)14-20-17-10-7-6-8-11-17/h4,6-8,10-13,20H,1,5,9,14H2,2-3H3. The lowest BCUT2D eigenvalue weighted by Gasteiger charge is -2.16. The van der Waals surface area contributed by atoms with E-state index >= 15 is 0 Å². The predicted octanol–water partition coefficient (Wildman–Crippen LogP) is 4.43. The van der Waals surface area contributed by atoms with E-state index in [2.05, 4.69) is 30.1 Å². The van der Waals surface area contributed by atoms with Gasteiger partial charge in [0.1, 0.15) is 0 Å². The Morgan fingerprint density at radius 3 is 2.59 bits per heavy atom. The summed E-state index contributed by atoms with van der Waals surface area (Å²) in [6.45, 7) is 7.14. The number of para-hydroxylation sites is 1. The minimum absolute atomic E-state index is 0.611. The van der Waals surface area contributed by atoms with E-state index in [1.807, 2.05) is 37.3 Å². The number of allylic oxidation sites excluding steroid dienone is 1. The number of benzene rings is 2. The van der Waals surface area contributed by atoms with E-state index in [1.165, 1.54) is 0 Å². The van der Waals surface area contributed by atoms with E-state index in [0.717, 1.165) is 41.3 Å². The second-order valence-corrected chi connectivity index (χ2v) is 4.93. The molecule has 116 valence electrons. The topological polar surface area (TPSA) is 30.5 Å². The Bertz CT molecular complexity index is 608. The van der Waals surface area contributed by atoms with Gasteiger partial charge in [0, 0.05) is 17.8 Å². The van der Waals surface area contributed by atoms with Crippen LogP contribution in [0.25, 0.3) is 0 Å². The molecule has 2 rings (SSSR count). The van der Waals surface area contributed by atoms with Crippen LogP contribution in [0.15, 0.2) is 55.1 Å². The third-order valence-corrected chi connectivity index (χ3v) is 3.33. The molecular weight excluding hydrogens is 274 g/mol. The first kappa shape index (κ1) is 16.0. The Morgan fingerprint density at radius 1 is 1.18 bits per heavy atom. The molecule has 0 saturated carbocycles. The van der Waals surface area contributed by atoms with Gasteiger partial charge in [0.2, 0.25) is 0 Å². The number of hydrogen-bond donors (Lipinski definition) is 1. The summed E-state index contributed by atoms with van der Waals surface area (Å²) in [5.41, 5.74) is 3.35. The minimum Gasteiger partial charge on any atom is -0.493 e. The maximum Gasteiger partial charge on any atom is 0.164 e. The fraction of sp³-hybridized carbons (Fsp3) is 0.263. The summed E-state index contributed by atoms with van der Waals surface area (Å²) < 4.78 is 11.2. The smallest absolute Gasteiger partial charge is 0.164 e. The molecule has 0 saturated heterocycles. The zero-order valence-corrected chi connectivity index (χ0v) is 13.3. The van der Waals surface area contributed by atoms with Gasteiger partial charge in [-0.3, -0.25) is 0 Å². The monoisotopic (exact) mass is 297 g/mol. The van der Waals surface area contributed by atoms with E-state index in [4.69, 9.17) is 9.47 Å². The van der Waals surface area contributed by atoms with Crippen LogP contribution in [0.4, 0.5) is 5.69 Å². The van der Waals surface area contributed by atoms with Crippen LogP contribution in [-0.2, 0) is 13.0 Å². The van der Waals surface area contributed by atoms with Crippen molar-refractivity contribution in [2.45, 2.75) is 19.9 Å². The molecule has 0 aliphatic rings. The molecule has 0 bridgehead atoms. The van der Waals surface area contributed by atoms with Crippen LogP contribution in [0.1, 0.15) is 18.1 Å². The molecular formula is C19H23NO2. The number of rotatable bonds is 8. The summed E-state index contributed by atoms with van der Waals surface area (Å²) in [6.07, 6.45) is 2.63. The second-order valence-electron chi connectivity index (χ2n) is 4.93. The Labute approximate surface area is 132 Å². The van der Waals surface area contributed by atoms with E-state index in [1.54, 1.807) is 7.11 Å². The fourth-order valence-corrected chi connectivity index (χ4v) is 2.39. The lowest BCUT2D eigenvalue weighted by atomic mass is 10.1. The third-order valence-electron chi connectivity index (χ3n) is 3.33. The highest BCUT2D eigenvalue weighted by Gasteiger charge is 2.12. The number of anilines is 1. The van der Waals surface area contributed by atoms with Crippen LogP contribution in [-0.4, -0.2) is 13.7 Å². The van der Waals surface area contributed by atoms with Crippen molar-refractivity contribution < 1.29 is 9.47 Å². The molecule has 2 aromatic rings. The Kier molecular flexibility index (Phi) is 5.90.